The van der Waals surface area contributed by atoms with Crippen LogP contribution in [0.25, 0.3) is 77.8 Å². The third-order valence-corrected chi connectivity index (χ3v) is 7.23. The summed E-state index contributed by atoms with van der Waals surface area (Å²) >= 11 is 0. The molecule has 0 fully saturated rings. The number of benzene rings is 5. The number of pyridine rings is 1. The summed E-state index contributed by atoms with van der Waals surface area (Å²) in [6.07, 6.45) is 2.90. The van der Waals surface area contributed by atoms with Gasteiger partial charge in [0.15, 0.2) is 0 Å². The number of fused-ring (bicyclic) bond motifs is 6. The highest BCUT2D eigenvalue weighted by Crippen LogP contribution is 2.37. The van der Waals surface area contributed by atoms with Crippen molar-refractivity contribution in [3.05, 3.63) is 151 Å². The van der Waals surface area contributed by atoms with E-state index in [9.17, 15) is 1.37 Å². The van der Waals surface area contributed by atoms with Gasteiger partial charge in [0.05, 0.1) is 70.0 Å². The Bertz CT molecular complexity index is 3420. The van der Waals surface area contributed by atoms with Gasteiger partial charge in [0.1, 0.15) is 0 Å². The van der Waals surface area contributed by atoms with Gasteiger partial charge >= 0.3 is 0 Å². The Morgan fingerprint density at radius 3 is 1.84 bits per heavy atom. The Morgan fingerprint density at radius 1 is 0.523 bits per heavy atom. The predicted octanol–water partition coefficient (Wildman–Crippen LogP) is 9.40. The van der Waals surface area contributed by atoms with Crippen LogP contribution in [0.2, 0.25) is 0 Å². The lowest BCUT2D eigenvalue weighted by Crippen LogP contribution is -2.05. The van der Waals surface area contributed by atoms with Crippen molar-refractivity contribution in [2.75, 3.05) is 0 Å². The van der Waals surface area contributed by atoms with Gasteiger partial charge in [-0.1, -0.05) is 103 Å². The van der Waals surface area contributed by atoms with Gasteiger partial charge in [0.25, 0.3) is 0 Å². The second-order valence-corrected chi connectivity index (χ2v) is 9.60. The Kier molecular flexibility index (Phi) is 2.80. The zero-order valence-electron chi connectivity index (χ0n) is 40.3. The Balaban J connectivity index is 1.52. The molecule has 44 heavy (non-hydrogen) atoms. The molecule has 206 valence electrons. The molecule has 0 saturated heterocycles. The molecule has 0 aliphatic rings. The van der Waals surface area contributed by atoms with E-state index in [1.54, 1.807) is 24.3 Å². The molecule has 4 heterocycles. The van der Waals surface area contributed by atoms with Crippen molar-refractivity contribution < 1.29 is 24.7 Å². The lowest BCUT2D eigenvalue weighted by Gasteiger charge is -2.16. The molecule has 0 saturated carbocycles. The minimum atomic E-state index is -0.769. The standard InChI is InChI=1S/C39H25N5/c1-2-12-26(13-3-1)32-24-33(42-39(41-32)44-35-19-9-5-14-27(35)28-15-6-10-20-36(28)44)31-17-7-11-21-37(31)43-34-18-8-4-16-29(34)30-22-23-40-25-38(30)43/h1-25H/i1D,2D,3D,4D,5D,6D,8D,9D,10D,12D,13D,14D,15D,16D,18D,19D,20D,24D. The van der Waals surface area contributed by atoms with E-state index < -0.39 is 120 Å². The molecular formula is C39H25N5. The van der Waals surface area contributed by atoms with Crippen molar-refractivity contribution in [3.63, 3.8) is 0 Å². The highest BCUT2D eigenvalue weighted by molar-refractivity contribution is 6.10. The van der Waals surface area contributed by atoms with Crippen molar-refractivity contribution in [1.29, 1.82) is 0 Å². The second kappa shape index (κ2) is 9.75. The lowest BCUT2D eigenvalue weighted by molar-refractivity contribution is 0.994. The molecule has 9 aromatic rings. The molecule has 0 atom stereocenters. The molecule has 0 bridgehead atoms. The summed E-state index contributed by atoms with van der Waals surface area (Å²) in [7, 11) is 0. The van der Waals surface area contributed by atoms with E-state index in [2.05, 4.69) is 9.97 Å². The molecular weight excluding hydrogens is 538 g/mol. The average Bonchev–Trinajstić information content (AvgIpc) is 3.81. The van der Waals surface area contributed by atoms with Crippen LogP contribution in [0.3, 0.4) is 0 Å². The van der Waals surface area contributed by atoms with Gasteiger partial charge in [-0.2, -0.15) is 0 Å². The van der Waals surface area contributed by atoms with Crippen LogP contribution >= 0.6 is 0 Å². The molecule has 0 radical (unpaired) electrons. The van der Waals surface area contributed by atoms with E-state index in [4.69, 9.17) is 28.3 Å². The fourth-order valence-electron chi connectivity index (χ4n) is 5.41. The largest absolute Gasteiger partial charge is 0.307 e. The van der Waals surface area contributed by atoms with Crippen LogP contribution in [0.1, 0.15) is 24.7 Å². The predicted molar refractivity (Wildman–Crippen MR) is 179 cm³/mol. The maximum atomic E-state index is 9.66. The molecule has 4 aromatic heterocycles. The highest BCUT2D eigenvalue weighted by atomic mass is 15.2. The maximum Gasteiger partial charge on any atom is 0.235 e. The van der Waals surface area contributed by atoms with Crippen LogP contribution in [-0.4, -0.2) is 24.1 Å². The average molecular weight is 582 g/mol. The molecule has 5 aromatic carbocycles. The molecule has 0 spiro atoms. The normalized spacial score (nSPS) is 17.4. The minimum absolute atomic E-state index is 0.0347. The van der Waals surface area contributed by atoms with E-state index in [-0.39, 0.29) is 55.7 Å². The van der Waals surface area contributed by atoms with Gasteiger partial charge in [-0.3, -0.25) is 9.55 Å². The molecule has 0 aliphatic carbocycles. The fraction of sp³-hybridized carbons (Fsp3) is 0. The number of rotatable bonds is 4. The summed E-state index contributed by atoms with van der Waals surface area (Å²) < 4.78 is 160. The van der Waals surface area contributed by atoms with Crippen molar-refractivity contribution in [2.45, 2.75) is 0 Å². The zero-order chi connectivity index (χ0) is 44.7. The van der Waals surface area contributed by atoms with Crippen LogP contribution in [0.15, 0.2) is 151 Å². The van der Waals surface area contributed by atoms with Crippen molar-refractivity contribution in [1.82, 2.24) is 24.1 Å². The summed E-state index contributed by atoms with van der Waals surface area (Å²) in [5, 5.41) is -0.0600. The van der Waals surface area contributed by atoms with Crippen molar-refractivity contribution >= 4 is 43.6 Å². The Hall–Kier alpha value is -6.07. The van der Waals surface area contributed by atoms with Gasteiger partial charge in [-0.25, -0.2) is 9.97 Å². The summed E-state index contributed by atoms with van der Waals surface area (Å²) in [4.78, 5) is 13.6. The monoisotopic (exact) mass is 581 g/mol. The topological polar surface area (TPSA) is 48.5 Å². The second-order valence-electron chi connectivity index (χ2n) is 9.60. The first kappa shape index (κ1) is 12.7. The molecule has 5 heteroatoms. The van der Waals surface area contributed by atoms with E-state index >= 15 is 0 Å². The molecule has 0 aliphatic heterocycles. The van der Waals surface area contributed by atoms with E-state index in [1.165, 1.54) is 23.0 Å². The first-order valence-corrected chi connectivity index (χ1v) is 13.2. The molecule has 9 rings (SSSR count). The van der Waals surface area contributed by atoms with Crippen LogP contribution < -0.4 is 0 Å². The number of para-hydroxylation sites is 4. The van der Waals surface area contributed by atoms with Gasteiger partial charge < -0.3 is 4.57 Å². The maximum absolute atomic E-state index is 9.66. The summed E-state index contributed by atoms with van der Waals surface area (Å²) in [5.41, 5.74) is -1.60. The SMILES string of the molecule is [2H]c1c(-c2ccccc2-n2c3cnccc3c3c([2H])c([2H])c([2H])c([2H])c32)nc(-n2c3c([2H])c([2H])c([2H])c([2H])c3c3c([2H])c([2H])c([2H])c([2H])c32)nc1-c1c([2H])c([2H])c([2H])c([2H])c1[2H]. The number of nitrogens with zero attached hydrogens (tertiary/aromatic N) is 5. The lowest BCUT2D eigenvalue weighted by atomic mass is 10.1. The van der Waals surface area contributed by atoms with Crippen LogP contribution in [0, 0.1) is 0 Å². The Morgan fingerprint density at radius 2 is 1.11 bits per heavy atom. The summed E-state index contributed by atoms with van der Waals surface area (Å²) in [5.74, 6) is -0.575. The van der Waals surface area contributed by atoms with Crippen molar-refractivity contribution in [3.8, 4) is 34.2 Å². The third kappa shape index (κ3) is 3.69. The van der Waals surface area contributed by atoms with Gasteiger partial charge in [-0.05, 0) is 36.3 Å². The van der Waals surface area contributed by atoms with Gasteiger partial charge in [-0.15, -0.1) is 0 Å². The summed E-state index contributed by atoms with van der Waals surface area (Å²) in [6, 6.07) is -3.87. The van der Waals surface area contributed by atoms with Gasteiger partial charge in [0, 0.05) is 38.9 Å². The van der Waals surface area contributed by atoms with Crippen molar-refractivity contribution in [2.24, 2.45) is 0 Å². The molecule has 0 unspecified atom stereocenters. The fourth-order valence-corrected chi connectivity index (χ4v) is 5.41. The van der Waals surface area contributed by atoms with E-state index in [0.717, 1.165) is 4.57 Å². The first-order chi connectivity index (χ1) is 29.3. The smallest absolute Gasteiger partial charge is 0.235 e. The number of aromatic nitrogens is 5. The Labute approximate surface area is 278 Å². The highest BCUT2D eigenvalue weighted by Gasteiger charge is 2.20. The molecule has 0 N–H and O–H groups in total. The number of hydrogen-bond acceptors (Lipinski definition) is 3. The van der Waals surface area contributed by atoms with Crippen LogP contribution in [0.4, 0.5) is 0 Å². The molecule has 0 amide bonds. The first-order valence-electron chi connectivity index (χ1n) is 22.2. The quantitative estimate of drug-likeness (QED) is 0.208. The molecule has 5 nitrogen and oxygen atoms in total. The van der Waals surface area contributed by atoms with Gasteiger partial charge in [0.2, 0.25) is 5.95 Å². The minimum Gasteiger partial charge on any atom is -0.307 e. The van der Waals surface area contributed by atoms with Crippen LogP contribution in [-0.2, 0) is 0 Å². The summed E-state index contributed by atoms with van der Waals surface area (Å²) in [6.45, 7) is 0. The third-order valence-electron chi connectivity index (χ3n) is 7.23. The van der Waals surface area contributed by atoms with E-state index in [1.807, 2.05) is 0 Å². The van der Waals surface area contributed by atoms with E-state index in [0.29, 0.717) is 10.9 Å². The zero-order valence-corrected chi connectivity index (χ0v) is 22.3. The van der Waals surface area contributed by atoms with Crippen LogP contribution in [0.5, 0.6) is 0 Å². The number of hydrogen-bond donors (Lipinski definition) is 0.